The molecule has 3 aliphatic heterocycles. The van der Waals surface area contributed by atoms with Gasteiger partial charge in [0.05, 0.1) is 24.5 Å². The van der Waals surface area contributed by atoms with Gasteiger partial charge in [0.1, 0.15) is 17.6 Å². The summed E-state index contributed by atoms with van der Waals surface area (Å²) in [6, 6.07) is 10.5. The summed E-state index contributed by atoms with van der Waals surface area (Å²) in [5.41, 5.74) is 2.64. The van der Waals surface area contributed by atoms with Crippen molar-refractivity contribution in [2.24, 2.45) is 5.92 Å². The van der Waals surface area contributed by atoms with E-state index in [-0.39, 0.29) is 67.0 Å². The number of carbonyl (C=O) groups excluding carboxylic acids is 3. The monoisotopic (exact) mass is 776 g/mol. The van der Waals surface area contributed by atoms with Gasteiger partial charge in [-0.15, -0.1) is 0 Å². The predicted octanol–water partition coefficient (Wildman–Crippen LogP) is 5.98. The van der Waals surface area contributed by atoms with Crippen LogP contribution in [0.1, 0.15) is 82.1 Å². The second kappa shape index (κ2) is 16.0. The van der Waals surface area contributed by atoms with E-state index in [4.69, 9.17) is 0 Å². The minimum absolute atomic E-state index is 0.0183. The Morgan fingerprint density at radius 3 is 2.32 bits per heavy atom. The Hall–Kier alpha value is -4.79. The number of hydrogen-bond donors (Lipinski definition) is 4. The summed E-state index contributed by atoms with van der Waals surface area (Å²) >= 11 is 0. The minimum atomic E-state index is -3.10. The third kappa shape index (κ3) is 8.62. The number of alkyl halides is 2. The number of carbonyl (C=O) groups is 3. The second-order valence-corrected chi connectivity index (χ2v) is 16.1. The quantitative estimate of drug-likeness (QED) is 0.145. The largest absolute Gasteiger partial charge is 0.374 e. The topological polar surface area (TPSA) is 132 Å². The van der Waals surface area contributed by atoms with E-state index in [1.807, 2.05) is 18.2 Å². The number of piperidine rings is 3. The Kier molecular flexibility index (Phi) is 10.9. The fourth-order valence-corrected chi connectivity index (χ4v) is 8.82. The fraction of sp³-hybridized carbons (Fsp3) is 0.537. The number of hydrogen-bond acceptors (Lipinski definition) is 9. The molecule has 2 aromatic carbocycles. The van der Waals surface area contributed by atoms with Gasteiger partial charge in [-0.05, 0) is 113 Å². The molecule has 3 saturated heterocycles. The van der Waals surface area contributed by atoms with E-state index in [1.54, 1.807) is 11.0 Å². The number of anilines is 3. The van der Waals surface area contributed by atoms with Gasteiger partial charge < -0.3 is 20.9 Å². The SMILES string of the molecule is O=C1CCC(Nc2ccc(N3CCC(N4CCC(C(=O)N[C@H]5CC[C@H](Nc6ncc(F)c(-c7cccc(C8CC8)c7)n6)CC5)CC4)C(F)(F)C3)c(F)c2)C(=O)N1. The van der Waals surface area contributed by atoms with Crippen molar-refractivity contribution in [3.63, 3.8) is 0 Å². The Bertz CT molecular complexity index is 1950. The van der Waals surface area contributed by atoms with Crippen molar-refractivity contribution in [1.29, 1.82) is 0 Å². The molecule has 3 amide bonds. The van der Waals surface area contributed by atoms with E-state index >= 15 is 13.2 Å². The summed E-state index contributed by atoms with van der Waals surface area (Å²) in [5.74, 6) is -4.41. The van der Waals surface area contributed by atoms with Crippen molar-refractivity contribution >= 4 is 35.0 Å². The predicted molar refractivity (Wildman–Crippen MR) is 203 cm³/mol. The number of rotatable bonds is 10. The summed E-state index contributed by atoms with van der Waals surface area (Å²) in [6.07, 6.45) is 8.23. The Balaban J connectivity index is 0.777. The molecule has 0 bridgehead atoms. The van der Waals surface area contributed by atoms with E-state index < -0.39 is 42.1 Å². The zero-order valence-corrected chi connectivity index (χ0v) is 31.2. The number of aromatic nitrogens is 2. The lowest BCUT2D eigenvalue weighted by atomic mass is 9.89. The van der Waals surface area contributed by atoms with Crippen LogP contribution in [-0.2, 0) is 14.4 Å². The van der Waals surface area contributed by atoms with Gasteiger partial charge in [-0.1, -0.05) is 18.2 Å². The first kappa shape index (κ1) is 38.1. The van der Waals surface area contributed by atoms with Crippen molar-refractivity contribution in [2.45, 2.75) is 107 Å². The van der Waals surface area contributed by atoms with Crippen LogP contribution in [0.5, 0.6) is 0 Å². The Labute approximate surface area is 323 Å². The molecule has 1 aromatic heterocycles. The van der Waals surface area contributed by atoms with Crippen molar-refractivity contribution in [3.8, 4) is 11.3 Å². The Morgan fingerprint density at radius 2 is 1.61 bits per heavy atom. The minimum Gasteiger partial charge on any atom is -0.374 e. The third-order valence-electron chi connectivity index (χ3n) is 12.1. The van der Waals surface area contributed by atoms with Gasteiger partial charge in [0.25, 0.3) is 5.92 Å². The molecule has 0 radical (unpaired) electrons. The number of amides is 3. The number of imide groups is 1. The van der Waals surface area contributed by atoms with Crippen molar-refractivity contribution in [3.05, 3.63) is 65.9 Å². The van der Waals surface area contributed by atoms with Crippen molar-refractivity contribution in [2.75, 3.05) is 41.7 Å². The van der Waals surface area contributed by atoms with Gasteiger partial charge in [0.15, 0.2) is 5.82 Å². The highest BCUT2D eigenvalue weighted by molar-refractivity contribution is 6.01. The molecule has 5 fully saturated rings. The van der Waals surface area contributed by atoms with Gasteiger partial charge in [-0.2, -0.15) is 0 Å². The average Bonchev–Trinajstić information content (AvgIpc) is 4.04. The van der Waals surface area contributed by atoms with Crippen LogP contribution in [-0.4, -0.2) is 88.9 Å². The number of likely N-dealkylation sites (tertiary alicyclic amines) is 1. The number of benzene rings is 2. The van der Waals surface area contributed by atoms with Gasteiger partial charge in [-0.25, -0.2) is 27.5 Å². The molecule has 8 rings (SSSR count). The van der Waals surface area contributed by atoms with E-state index in [9.17, 15) is 18.8 Å². The van der Waals surface area contributed by atoms with Crippen LogP contribution in [0.3, 0.4) is 0 Å². The molecule has 4 heterocycles. The summed E-state index contributed by atoms with van der Waals surface area (Å²) in [7, 11) is 0. The van der Waals surface area contributed by atoms with E-state index in [0.717, 1.165) is 44.1 Å². The first-order valence-corrected chi connectivity index (χ1v) is 20.0. The molecule has 0 spiro atoms. The average molecular weight is 777 g/mol. The van der Waals surface area contributed by atoms with E-state index in [0.29, 0.717) is 43.5 Å². The zero-order valence-electron chi connectivity index (χ0n) is 31.2. The van der Waals surface area contributed by atoms with Crippen LogP contribution in [0.15, 0.2) is 48.7 Å². The molecule has 2 atom stereocenters. The molecule has 56 heavy (non-hydrogen) atoms. The zero-order chi connectivity index (χ0) is 39.0. The van der Waals surface area contributed by atoms with E-state index in [2.05, 4.69) is 37.3 Å². The maximum absolute atomic E-state index is 15.7. The lowest BCUT2D eigenvalue weighted by molar-refractivity contribution is -0.134. The maximum Gasteiger partial charge on any atom is 0.280 e. The van der Waals surface area contributed by atoms with Gasteiger partial charge in [0, 0.05) is 42.2 Å². The molecule has 4 N–H and O–H groups in total. The number of nitrogens with zero attached hydrogens (tertiary/aromatic N) is 4. The normalized spacial score (nSPS) is 26.0. The highest BCUT2D eigenvalue weighted by Gasteiger charge is 2.48. The van der Waals surface area contributed by atoms with Crippen molar-refractivity contribution < 1.29 is 31.9 Å². The van der Waals surface area contributed by atoms with Crippen LogP contribution >= 0.6 is 0 Å². The first-order chi connectivity index (χ1) is 27.0. The third-order valence-corrected chi connectivity index (χ3v) is 12.1. The highest BCUT2D eigenvalue weighted by atomic mass is 19.3. The highest BCUT2D eigenvalue weighted by Crippen LogP contribution is 2.41. The van der Waals surface area contributed by atoms with Gasteiger partial charge in [-0.3, -0.25) is 24.6 Å². The molecule has 15 heteroatoms. The van der Waals surface area contributed by atoms with Crippen LogP contribution in [0.4, 0.5) is 34.9 Å². The van der Waals surface area contributed by atoms with Crippen molar-refractivity contribution in [1.82, 2.24) is 25.5 Å². The van der Waals surface area contributed by atoms with Gasteiger partial charge >= 0.3 is 0 Å². The standard InChI is InChI=1S/C41H48F4N8O3/c42-31-21-30(47-33-11-13-36(54)50-39(33)56)10-12-34(31)53-19-16-35(41(44,45)23-53)52-17-14-25(15-18-52)38(55)48-28-6-8-29(9-7-28)49-40-46-22-32(43)37(51-40)27-3-1-2-26(20-27)24-4-5-24/h1-3,10,12,20-22,24-25,28-29,33,35,47H,4-9,11,13-19,23H2,(H,48,55)(H,46,49,51)(H,50,54,56)/t28-,29-,33?,35?. The first-order valence-electron chi connectivity index (χ1n) is 20.0. The summed E-state index contributed by atoms with van der Waals surface area (Å²) in [4.78, 5) is 48.7. The van der Waals surface area contributed by atoms with Crippen LogP contribution < -0.4 is 26.2 Å². The summed E-state index contributed by atoms with van der Waals surface area (Å²) < 4.78 is 61.3. The molecular formula is C41H48F4N8O3. The number of nitrogens with one attached hydrogen (secondary N) is 4. The van der Waals surface area contributed by atoms with Crippen LogP contribution in [0.25, 0.3) is 11.3 Å². The number of halogens is 4. The van der Waals surface area contributed by atoms with Crippen LogP contribution in [0, 0.1) is 17.6 Å². The molecule has 2 saturated carbocycles. The second-order valence-electron chi connectivity index (χ2n) is 16.1. The molecular weight excluding hydrogens is 728 g/mol. The summed E-state index contributed by atoms with van der Waals surface area (Å²) in [6.45, 7) is 0.385. The fourth-order valence-electron chi connectivity index (χ4n) is 8.82. The van der Waals surface area contributed by atoms with Gasteiger partial charge in [0.2, 0.25) is 23.7 Å². The molecule has 11 nitrogen and oxygen atoms in total. The smallest absolute Gasteiger partial charge is 0.280 e. The summed E-state index contributed by atoms with van der Waals surface area (Å²) in [5, 5.41) is 11.7. The molecule has 5 aliphatic rings. The molecule has 2 unspecified atom stereocenters. The molecule has 298 valence electrons. The lowest BCUT2D eigenvalue weighted by Crippen LogP contribution is -2.60. The Morgan fingerprint density at radius 1 is 0.839 bits per heavy atom. The van der Waals surface area contributed by atoms with Crippen LogP contribution in [0.2, 0.25) is 0 Å². The lowest BCUT2D eigenvalue weighted by Gasteiger charge is -2.46. The molecule has 2 aliphatic carbocycles. The maximum atomic E-state index is 15.7. The molecule has 3 aromatic rings. The van der Waals surface area contributed by atoms with E-state index in [1.165, 1.54) is 28.8 Å².